The lowest BCUT2D eigenvalue weighted by molar-refractivity contribution is -0.123. The average molecular weight is 303 g/mol. The van der Waals surface area contributed by atoms with Crippen molar-refractivity contribution < 1.29 is 4.79 Å². The van der Waals surface area contributed by atoms with Crippen molar-refractivity contribution in [2.75, 3.05) is 0 Å². The summed E-state index contributed by atoms with van der Waals surface area (Å²) in [5.74, 6) is 0.640. The molecule has 2 unspecified atom stereocenters. The minimum Gasteiger partial charge on any atom is -0.353 e. The van der Waals surface area contributed by atoms with Gasteiger partial charge >= 0.3 is 0 Å². The third kappa shape index (κ3) is 5.25. The first-order valence-corrected chi connectivity index (χ1v) is 8.01. The number of hydrogen-bond acceptors (Lipinski definition) is 2. The van der Waals surface area contributed by atoms with Gasteiger partial charge in [0.15, 0.2) is 0 Å². The van der Waals surface area contributed by atoms with Gasteiger partial charge in [-0.25, -0.2) is 0 Å². The molecule has 0 aromatic heterocycles. The average Bonchev–Trinajstić information content (AvgIpc) is 2.35. The van der Waals surface area contributed by atoms with Crippen molar-refractivity contribution in [3.63, 3.8) is 0 Å². The molecule has 20 heavy (non-hydrogen) atoms. The van der Waals surface area contributed by atoms with Gasteiger partial charge in [-0.2, -0.15) is 0 Å². The molecular formula is C16H31ClN2O. The fraction of sp³-hybridized carbons (Fsp3) is 0.938. The van der Waals surface area contributed by atoms with Gasteiger partial charge in [-0.1, -0.05) is 26.7 Å². The Kier molecular flexibility index (Phi) is 6.80. The number of carbonyl (C=O) groups is 1. The zero-order valence-electron chi connectivity index (χ0n) is 13.0. The maximum Gasteiger partial charge on any atom is 0.220 e. The van der Waals surface area contributed by atoms with Crippen LogP contribution in [0.25, 0.3) is 0 Å². The summed E-state index contributed by atoms with van der Waals surface area (Å²) in [6.07, 6.45) is 10.1. The SMILES string of the molecule is CC1(C)CCC(NC(=O)CC2CCCCC2N)CC1.Cl. The van der Waals surface area contributed by atoms with Crippen LogP contribution in [-0.2, 0) is 4.79 Å². The minimum absolute atomic E-state index is 0. The molecule has 0 spiro atoms. The predicted octanol–water partition coefficient (Wildman–Crippen LogP) is 3.40. The Labute approximate surface area is 129 Å². The van der Waals surface area contributed by atoms with Gasteiger partial charge < -0.3 is 11.1 Å². The summed E-state index contributed by atoms with van der Waals surface area (Å²) in [5, 5.41) is 3.23. The molecule has 2 fully saturated rings. The van der Waals surface area contributed by atoms with E-state index in [1.54, 1.807) is 0 Å². The van der Waals surface area contributed by atoms with Crippen LogP contribution in [-0.4, -0.2) is 18.0 Å². The Bertz CT molecular complexity index is 310. The van der Waals surface area contributed by atoms with Crippen LogP contribution in [0, 0.1) is 11.3 Å². The van der Waals surface area contributed by atoms with E-state index in [2.05, 4.69) is 19.2 Å². The smallest absolute Gasteiger partial charge is 0.220 e. The highest BCUT2D eigenvalue weighted by molar-refractivity contribution is 5.85. The molecule has 0 radical (unpaired) electrons. The Morgan fingerprint density at radius 1 is 1.15 bits per heavy atom. The van der Waals surface area contributed by atoms with Crippen LogP contribution in [0.4, 0.5) is 0 Å². The number of nitrogens with one attached hydrogen (secondary N) is 1. The fourth-order valence-electron chi connectivity index (χ4n) is 3.56. The Hall–Kier alpha value is -0.280. The molecule has 3 nitrogen and oxygen atoms in total. The van der Waals surface area contributed by atoms with Crippen molar-refractivity contribution >= 4 is 18.3 Å². The van der Waals surface area contributed by atoms with Crippen LogP contribution < -0.4 is 11.1 Å². The molecule has 2 aliphatic carbocycles. The summed E-state index contributed by atoms with van der Waals surface area (Å²) < 4.78 is 0. The molecule has 118 valence electrons. The number of rotatable bonds is 3. The first-order chi connectivity index (χ1) is 8.96. The van der Waals surface area contributed by atoms with E-state index in [-0.39, 0.29) is 24.4 Å². The van der Waals surface area contributed by atoms with Crippen molar-refractivity contribution in [1.82, 2.24) is 5.32 Å². The van der Waals surface area contributed by atoms with E-state index in [1.165, 1.54) is 25.7 Å². The molecule has 2 atom stereocenters. The molecule has 0 aromatic rings. The van der Waals surface area contributed by atoms with Gasteiger partial charge in [0.05, 0.1) is 0 Å². The minimum atomic E-state index is 0. The zero-order valence-corrected chi connectivity index (χ0v) is 13.8. The van der Waals surface area contributed by atoms with Gasteiger partial charge in [-0.15, -0.1) is 12.4 Å². The molecular weight excluding hydrogens is 272 g/mol. The predicted molar refractivity (Wildman–Crippen MR) is 86.0 cm³/mol. The second-order valence-corrected chi connectivity index (χ2v) is 7.42. The zero-order chi connectivity index (χ0) is 13.9. The molecule has 4 heteroatoms. The van der Waals surface area contributed by atoms with E-state index in [9.17, 15) is 4.79 Å². The summed E-state index contributed by atoms with van der Waals surface area (Å²) in [5.41, 5.74) is 6.58. The quantitative estimate of drug-likeness (QED) is 0.839. The lowest BCUT2D eigenvalue weighted by Crippen LogP contribution is -2.42. The lowest BCUT2D eigenvalue weighted by Gasteiger charge is -2.35. The first kappa shape index (κ1) is 17.8. The Morgan fingerprint density at radius 3 is 2.35 bits per heavy atom. The van der Waals surface area contributed by atoms with Gasteiger partial charge in [0, 0.05) is 18.5 Å². The van der Waals surface area contributed by atoms with Crippen LogP contribution in [0.3, 0.4) is 0 Å². The highest BCUT2D eigenvalue weighted by Crippen LogP contribution is 2.35. The van der Waals surface area contributed by atoms with Crippen molar-refractivity contribution in [2.24, 2.45) is 17.1 Å². The first-order valence-electron chi connectivity index (χ1n) is 8.01. The normalized spacial score (nSPS) is 30.4. The van der Waals surface area contributed by atoms with Gasteiger partial charge in [-0.05, 0) is 49.9 Å². The van der Waals surface area contributed by atoms with Crippen LogP contribution >= 0.6 is 12.4 Å². The number of carbonyl (C=O) groups excluding carboxylic acids is 1. The number of amides is 1. The summed E-state index contributed by atoms with van der Waals surface area (Å²) in [6.45, 7) is 4.65. The maximum atomic E-state index is 12.1. The number of halogens is 1. The summed E-state index contributed by atoms with van der Waals surface area (Å²) in [7, 11) is 0. The maximum absolute atomic E-state index is 12.1. The third-order valence-electron chi connectivity index (χ3n) is 5.12. The largest absolute Gasteiger partial charge is 0.353 e. The molecule has 1 amide bonds. The second-order valence-electron chi connectivity index (χ2n) is 7.42. The summed E-state index contributed by atoms with van der Waals surface area (Å²) in [6, 6.07) is 0.644. The topological polar surface area (TPSA) is 55.1 Å². The highest BCUT2D eigenvalue weighted by Gasteiger charge is 2.29. The van der Waals surface area contributed by atoms with E-state index in [4.69, 9.17) is 5.73 Å². The van der Waals surface area contributed by atoms with E-state index < -0.39 is 0 Å². The molecule has 2 saturated carbocycles. The van der Waals surface area contributed by atoms with E-state index in [0.29, 0.717) is 23.8 Å². The molecule has 0 aromatic carbocycles. The third-order valence-corrected chi connectivity index (χ3v) is 5.12. The van der Waals surface area contributed by atoms with E-state index in [0.717, 1.165) is 25.7 Å². The van der Waals surface area contributed by atoms with E-state index >= 15 is 0 Å². The van der Waals surface area contributed by atoms with Gasteiger partial charge in [0.25, 0.3) is 0 Å². The fourth-order valence-corrected chi connectivity index (χ4v) is 3.56. The summed E-state index contributed by atoms with van der Waals surface area (Å²) in [4.78, 5) is 12.1. The molecule has 0 bridgehead atoms. The highest BCUT2D eigenvalue weighted by atomic mass is 35.5. The van der Waals surface area contributed by atoms with Crippen molar-refractivity contribution in [3.8, 4) is 0 Å². The van der Waals surface area contributed by atoms with Crippen molar-refractivity contribution in [3.05, 3.63) is 0 Å². The van der Waals surface area contributed by atoms with Gasteiger partial charge in [-0.3, -0.25) is 4.79 Å². The standard InChI is InChI=1S/C16H30N2O.ClH/c1-16(2)9-7-13(8-10-16)18-15(19)11-12-5-3-4-6-14(12)17;/h12-14H,3-11,17H2,1-2H3,(H,18,19);1H. The molecule has 2 rings (SSSR count). The summed E-state index contributed by atoms with van der Waals surface area (Å²) >= 11 is 0. The van der Waals surface area contributed by atoms with Crippen molar-refractivity contribution in [2.45, 2.75) is 83.7 Å². The molecule has 0 aliphatic heterocycles. The van der Waals surface area contributed by atoms with E-state index in [1.807, 2.05) is 0 Å². The second kappa shape index (κ2) is 7.65. The van der Waals surface area contributed by atoms with Gasteiger partial charge in [0.1, 0.15) is 0 Å². The molecule has 3 N–H and O–H groups in total. The molecule has 0 saturated heterocycles. The number of hydrogen-bond donors (Lipinski definition) is 2. The van der Waals surface area contributed by atoms with Crippen molar-refractivity contribution in [1.29, 1.82) is 0 Å². The van der Waals surface area contributed by atoms with Crippen LogP contribution in [0.2, 0.25) is 0 Å². The van der Waals surface area contributed by atoms with Crippen LogP contribution in [0.15, 0.2) is 0 Å². The lowest BCUT2D eigenvalue weighted by atomic mass is 9.75. The monoisotopic (exact) mass is 302 g/mol. The van der Waals surface area contributed by atoms with Crippen LogP contribution in [0.1, 0.15) is 71.6 Å². The number of nitrogens with two attached hydrogens (primary N) is 1. The molecule has 2 aliphatic rings. The Morgan fingerprint density at radius 2 is 1.75 bits per heavy atom. The van der Waals surface area contributed by atoms with Crippen LogP contribution in [0.5, 0.6) is 0 Å². The van der Waals surface area contributed by atoms with Gasteiger partial charge in [0.2, 0.25) is 5.91 Å². The molecule has 0 heterocycles. The Balaban J connectivity index is 0.00000200.